The van der Waals surface area contributed by atoms with Gasteiger partial charge in [-0.2, -0.15) is 18.3 Å². The zero-order valence-corrected chi connectivity index (χ0v) is 21.8. The van der Waals surface area contributed by atoms with Crippen LogP contribution in [0.3, 0.4) is 0 Å². The number of nitrogens with zero attached hydrogens (tertiary/aromatic N) is 2. The molecule has 0 bridgehead atoms. The minimum atomic E-state index is -4.66. The molecule has 1 atom stereocenters. The Labute approximate surface area is 227 Å². The molecule has 0 radical (unpaired) electrons. The van der Waals surface area contributed by atoms with E-state index in [-0.39, 0.29) is 5.92 Å². The van der Waals surface area contributed by atoms with E-state index in [0.29, 0.717) is 42.6 Å². The lowest BCUT2D eigenvalue weighted by atomic mass is 9.86. The number of aryl methyl sites for hydroxylation is 1. The van der Waals surface area contributed by atoms with Gasteiger partial charge in [-0.3, -0.25) is 9.59 Å². The molecule has 2 aromatic carbocycles. The van der Waals surface area contributed by atoms with E-state index in [1.807, 2.05) is 13.0 Å². The first-order valence-electron chi connectivity index (χ1n) is 12.7. The monoisotopic (exact) mass is 556 g/mol. The molecule has 1 unspecified atom stereocenters. The van der Waals surface area contributed by atoms with Gasteiger partial charge in [-0.1, -0.05) is 6.07 Å². The van der Waals surface area contributed by atoms with Crippen molar-refractivity contribution >= 4 is 23.2 Å². The second-order valence-corrected chi connectivity index (χ2v) is 10.1. The fourth-order valence-corrected chi connectivity index (χ4v) is 4.81. The number of aliphatic hydroxyl groups excluding tert-OH is 1. The molecule has 12 heteroatoms. The van der Waals surface area contributed by atoms with E-state index in [4.69, 9.17) is 9.47 Å². The van der Waals surface area contributed by atoms with Crippen molar-refractivity contribution in [3.63, 3.8) is 0 Å². The zero-order chi connectivity index (χ0) is 28.7. The van der Waals surface area contributed by atoms with Crippen molar-refractivity contribution in [1.82, 2.24) is 10.2 Å². The zero-order valence-electron chi connectivity index (χ0n) is 21.8. The van der Waals surface area contributed by atoms with Crippen LogP contribution < -0.4 is 15.4 Å². The molecule has 0 aliphatic carbocycles. The fraction of sp³-hybridized carbons (Fsp3) is 0.357. The summed E-state index contributed by atoms with van der Waals surface area (Å²) >= 11 is 0. The van der Waals surface area contributed by atoms with E-state index in [9.17, 15) is 27.9 Å². The fourth-order valence-electron chi connectivity index (χ4n) is 4.81. The highest BCUT2D eigenvalue weighted by molar-refractivity contribution is 6.04. The Bertz CT molecular complexity index is 1470. The molecule has 2 aliphatic heterocycles. The number of hydrogen-bond donors (Lipinski definition) is 3. The topological polar surface area (TPSA) is 123 Å². The predicted octanol–water partition coefficient (Wildman–Crippen LogP) is 4.70. The van der Waals surface area contributed by atoms with Crippen molar-refractivity contribution in [2.75, 3.05) is 30.5 Å². The van der Waals surface area contributed by atoms with Crippen molar-refractivity contribution in [3.8, 4) is 16.9 Å². The third kappa shape index (κ3) is 5.36. The van der Waals surface area contributed by atoms with E-state index in [1.165, 1.54) is 6.92 Å². The summed E-state index contributed by atoms with van der Waals surface area (Å²) in [5, 5.41) is 22.2. The first kappa shape index (κ1) is 27.5. The number of aromatic nitrogens is 2. The Morgan fingerprint density at radius 1 is 1.20 bits per heavy atom. The number of amides is 2. The van der Waals surface area contributed by atoms with Crippen LogP contribution >= 0.6 is 0 Å². The van der Waals surface area contributed by atoms with Crippen LogP contribution in [0.15, 0.2) is 42.6 Å². The highest BCUT2D eigenvalue weighted by Gasteiger charge is 2.41. The molecular formula is C28H27F3N4O5. The van der Waals surface area contributed by atoms with Gasteiger partial charge in [0.15, 0.2) is 5.69 Å². The number of hydrogen-bond acceptors (Lipinski definition) is 7. The van der Waals surface area contributed by atoms with Gasteiger partial charge in [-0.25, -0.2) is 0 Å². The number of alkyl halides is 3. The third-order valence-electron chi connectivity index (χ3n) is 7.17. The van der Waals surface area contributed by atoms with Crippen LogP contribution in [0.5, 0.6) is 5.75 Å². The Kier molecular flexibility index (Phi) is 7.23. The normalized spacial score (nSPS) is 19.4. The van der Waals surface area contributed by atoms with Crippen LogP contribution in [0.2, 0.25) is 0 Å². The number of aliphatic hydroxyl groups is 1. The lowest BCUT2D eigenvalue weighted by Gasteiger charge is -2.36. The maximum Gasteiger partial charge on any atom is 0.418 e. The van der Waals surface area contributed by atoms with E-state index in [1.54, 1.807) is 24.3 Å². The van der Waals surface area contributed by atoms with Crippen LogP contribution in [-0.4, -0.2) is 52.5 Å². The number of fused-ring (bicyclic) bond motifs is 1. The number of ether oxygens (including phenoxy) is 2. The van der Waals surface area contributed by atoms with Gasteiger partial charge in [0.25, 0.3) is 11.8 Å². The number of rotatable bonds is 5. The Morgan fingerprint density at radius 2 is 1.95 bits per heavy atom. The molecule has 3 N–H and O–H groups in total. The smallest absolute Gasteiger partial charge is 0.418 e. The largest absolute Gasteiger partial charge is 0.473 e. The van der Waals surface area contributed by atoms with Crippen LogP contribution in [0.1, 0.15) is 52.9 Å². The summed E-state index contributed by atoms with van der Waals surface area (Å²) in [6.07, 6.45) is -2.62. The SMILES string of the molecule is Cc1ccc(NC(=O)c2cc(C(F)(F)F)cnn2)cc1-c1cc2c(c(C3CCOCC3)c1)NC(=O)C(C)(CO)O2. The number of benzene rings is 2. The summed E-state index contributed by atoms with van der Waals surface area (Å²) in [5.74, 6) is -0.788. The standard InChI is InChI=1S/C28H27F3N4O5/c1-15-3-4-19(33-25(37)22-11-18(13-32-35-22)28(29,30)31)12-20(15)17-9-21(16-5-7-39-8-6-16)24-23(10-17)40-27(2,14-36)26(38)34-24/h3-4,9-13,16,36H,5-8,14H2,1-2H3,(H,33,37)(H,34,38). The average molecular weight is 557 g/mol. The van der Waals surface area contributed by atoms with Crippen molar-refractivity contribution < 1.29 is 37.3 Å². The molecule has 3 heterocycles. The van der Waals surface area contributed by atoms with Gasteiger partial charge >= 0.3 is 6.18 Å². The van der Waals surface area contributed by atoms with Crippen LogP contribution in [0.4, 0.5) is 24.5 Å². The van der Waals surface area contributed by atoms with Crippen molar-refractivity contribution in [1.29, 1.82) is 0 Å². The minimum absolute atomic E-state index is 0.0903. The van der Waals surface area contributed by atoms with Crippen molar-refractivity contribution in [3.05, 3.63) is 65.0 Å². The number of halogens is 3. The summed E-state index contributed by atoms with van der Waals surface area (Å²) in [5.41, 5.74) is 1.08. The quantitative estimate of drug-likeness (QED) is 0.416. The second-order valence-electron chi connectivity index (χ2n) is 10.1. The molecule has 1 fully saturated rings. The number of nitrogens with one attached hydrogen (secondary N) is 2. The van der Waals surface area contributed by atoms with Gasteiger partial charge in [0.05, 0.1) is 24.1 Å². The summed E-state index contributed by atoms with van der Waals surface area (Å²) in [6.45, 7) is 4.02. The van der Waals surface area contributed by atoms with E-state index >= 15 is 0 Å². The molecule has 9 nitrogen and oxygen atoms in total. The summed E-state index contributed by atoms with van der Waals surface area (Å²) in [4.78, 5) is 25.5. The second kappa shape index (κ2) is 10.5. The maximum atomic E-state index is 13.1. The Morgan fingerprint density at radius 3 is 2.65 bits per heavy atom. The van der Waals surface area contributed by atoms with Crippen LogP contribution in [0.25, 0.3) is 11.1 Å². The number of anilines is 2. The first-order valence-corrected chi connectivity index (χ1v) is 12.7. The van der Waals surface area contributed by atoms with Gasteiger partial charge < -0.3 is 25.2 Å². The van der Waals surface area contributed by atoms with E-state index in [2.05, 4.69) is 20.8 Å². The molecule has 2 amide bonds. The Balaban J connectivity index is 1.52. The average Bonchev–Trinajstić information content (AvgIpc) is 2.94. The molecule has 1 aromatic heterocycles. The summed E-state index contributed by atoms with van der Waals surface area (Å²) < 4.78 is 50.8. The van der Waals surface area contributed by atoms with Gasteiger partial charge in [-0.15, -0.1) is 5.10 Å². The number of carbonyl (C=O) groups is 2. The lowest BCUT2D eigenvalue weighted by molar-refractivity contribution is -0.138. The third-order valence-corrected chi connectivity index (χ3v) is 7.17. The molecular weight excluding hydrogens is 529 g/mol. The Hall–Kier alpha value is -4.03. The molecule has 5 rings (SSSR count). The summed E-state index contributed by atoms with van der Waals surface area (Å²) in [7, 11) is 0. The van der Waals surface area contributed by atoms with Gasteiger partial charge in [-0.05, 0) is 85.2 Å². The summed E-state index contributed by atoms with van der Waals surface area (Å²) in [6, 6.07) is 9.48. The maximum absolute atomic E-state index is 13.1. The van der Waals surface area contributed by atoms with E-state index < -0.39 is 41.5 Å². The first-order chi connectivity index (χ1) is 19.0. The highest BCUT2D eigenvalue weighted by atomic mass is 19.4. The molecule has 1 saturated heterocycles. The molecule has 0 saturated carbocycles. The van der Waals surface area contributed by atoms with E-state index in [0.717, 1.165) is 35.1 Å². The minimum Gasteiger partial charge on any atom is -0.473 e. The molecule has 40 heavy (non-hydrogen) atoms. The van der Waals surface area contributed by atoms with Gasteiger partial charge in [0.1, 0.15) is 5.75 Å². The van der Waals surface area contributed by atoms with Crippen molar-refractivity contribution in [2.24, 2.45) is 0 Å². The highest BCUT2D eigenvalue weighted by Crippen LogP contribution is 2.45. The molecule has 3 aromatic rings. The van der Waals surface area contributed by atoms with Gasteiger partial charge in [0, 0.05) is 18.9 Å². The molecule has 210 valence electrons. The van der Waals surface area contributed by atoms with Gasteiger partial charge in [0.2, 0.25) is 5.60 Å². The van der Waals surface area contributed by atoms with Crippen molar-refractivity contribution in [2.45, 2.75) is 44.4 Å². The van der Waals surface area contributed by atoms with Crippen LogP contribution in [0, 0.1) is 6.92 Å². The molecule has 0 spiro atoms. The van der Waals surface area contributed by atoms with Crippen LogP contribution in [-0.2, 0) is 15.7 Å². The lowest BCUT2D eigenvalue weighted by Crippen LogP contribution is -2.51. The molecule has 2 aliphatic rings. The number of carbonyl (C=O) groups excluding carboxylic acids is 2. The predicted molar refractivity (Wildman–Crippen MR) is 139 cm³/mol.